The fourth-order valence-electron chi connectivity index (χ4n) is 6.39. The van der Waals surface area contributed by atoms with Crippen molar-refractivity contribution in [2.45, 2.75) is 64.4 Å². The molecule has 19 heavy (non-hydrogen) atoms. The van der Waals surface area contributed by atoms with Gasteiger partial charge in [-0.2, -0.15) is 0 Å². The molecule has 1 heteroatoms. The molecule has 4 aliphatic carbocycles. The van der Waals surface area contributed by atoms with Crippen molar-refractivity contribution < 1.29 is 5.11 Å². The predicted molar refractivity (Wildman–Crippen MR) is 77.6 cm³/mol. The van der Waals surface area contributed by atoms with E-state index in [1.54, 1.807) is 0 Å². The summed E-state index contributed by atoms with van der Waals surface area (Å²) < 4.78 is 0. The highest BCUT2D eigenvalue weighted by molar-refractivity contribution is 5.08. The summed E-state index contributed by atoms with van der Waals surface area (Å²) in [5.41, 5.74) is 0.262. The zero-order valence-electron chi connectivity index (χ0n) is 12.2. The van der Waals surface area contributed by atoms with E-state index in [1.807, 2.05) is 0 Å². The molecule has 0 unspecified atom stereocenters. The van der Waals surface area contributed by atoms with E-state index in [4.69, 9.17) is 0 Å². The van der Waals surface area contributed by atoms with Crippen LogP contribution in [0.25, 0.3) is 0 Å². The fraction of sp³-hybridized carbons (Fsp3) is 0.889. The van der Waals surface area contributed by atoms with Crippen LogP contribution in [0.15, 0.2) is 12.2 Å². The molecule has 4 aliphatic rings. The van der Waals surface area contributed by atoms with Crippen molar-refractivity contribution in [3.8, 4) is 0 Å². The summed E-state index contributed by atoms with van der Waals surface area (Å²) in [6.07, 6.45) is 15.5. The van der Waals surface area contributed by atoms with Crippen LogP contribution in [0.4, 0.5) is 0 Å². The maximum atomic E-state index is 10.4. The molecule has 3 fully saturated rings. The van der Waals surface area contributed by atoms with Crippen molar-refractivity contribution in [2.75, 3.05) is 0 Å². The molecule has 7 atom stereocenters. The lowest BCUT2D eigenvalue weighted by Crippen LogP contribution is -2.48. The number of aliphatic hydroxyl groups is 1. The second kappa shape index (κ2) is 4.35. The molecular formula is C18H28O. The van der Waals surface area contributed by atoms with Gasteiger partial charge in [-0.25, -0.2) is 0 Å². The molecule has 3 saturated carbocycles. The Morgan fingerprint density at radius 2 is 1.74 bits per heavy atom. The zero-order valence-corrected chi connectivity index (χ0v) is 12.2. The molecule has 1 N–H and O–H groups in total. The SMILES string of the molecule is C[C@]12CC[C@H]3[C@@H](CC[C@H]4CC=CC[C@@H]43)[C@@H]1CC[C@@H]2O. The van der Waals surface area contributed by atoms with E-state index in [-0.39, 0.29) is 11.5 Å². The first-order valence-electron chi connectivity index (χ1n) is 8.53. The molecule has 0 saturated heterocycles. The minimum atomic E-state index is -0.0116. The van der Waals surface area contributed by atoms with Crippen LogP contribution in [-0.4, -0.2) is 11.2 Å². The van der Waals surface area contributed by atoms with Gasteiger partial charge in [-0.05, 0) is 86.4 Å². The van der Waals surface area contributed by atoms with Crippen molar-refractivity contribution >= 4 is 0 Å². The summed E-state index contributed by atoms with van der Waals surface area (Å²) in [6.45, 7) is 2.39. The molecule has 0 aromatic carbocycles. The first-order chi connectivity index (χ1) is 9.20. The monoisotopic (exact) mass is 260 g/mol. The van der Waals surface area contributed by atoms with Gasteiger partial charge in [-0.3, -0.25) is 0 Å². The van der Waals surface area contributed by atoms with Gasteiger partial charge in [0.1, 0.15) is 0 Å². The standard InChI is InChI=1S/C18H28O/c1-18-11-10-14-13-5-3-2-4-12(13)6-7-15(14)16(18)8-9-17(18)19/h2-3,12-17,19H,4-11H2,1H3/t12-,13+,14-,15-,16+,17+,18+/m1/s1. The summed E-state index contributed by atoms with van der Waals surface area (Å²) in [5, 5.41) is 10.4. The molecule has 0 radical (unpaired) electrons. The van der Waals surface area contributed by atoms with Crippen molar-refractivity contribution in [2.24, 2.45) is 35.0 Å². The number of rotatable bonds is 0. The highest BCUT2D eigenvalue weighted by atomic mass is 16.3. The second-order valence-corrected chi connectivity index (χ2v) is 8.02. The Morgan fingerprint density at radius 1 is 0.895 bits per heavy atom. The van der Waals surface area contributed by atoms with Gasteiger partial charge in [0.25, 0.3) is 0 Å². The normalized spacial score (nSPS) is 56.3. The lowest BCUT2D eigenvalue weighted by atomic mass is 9.51. The van der Waals surface area contributed by atoms with E-state index in [1.165, 1.54) is 44.9 Å². The van der Waals surface area contributed by atoms with E-state index in [0.717, 1.165) is 36.0 Å². The largest absolute Gasteiger partial charge is 0.393 e. The van der Waals surface area contributed by atoms with Crippen LogP contribution in [0.3, 0.4) is 0 Å². The smallest absolute Gasteiger partial charge is 0.0596 e. The Hall–Kier alpha value is -0.300. The topological polar surface area (TPSA) is 20.2 Å². The first-order valence-corrected chi connectivity index (χ1v) is 8.53. The lowest BCUT2D eigenvalue weighted by Gasteiger charge is -2.54. The second-order valence-electron chi connectivity index (χ2n) is 8.02. The third-order valence-electron chi connectivity index (χ3n) is 7.48. The highest BCUT2D eigenvalue weighted by Crippen LogP contribution is 2.61. The van der Waals surface area contributed by atoms with Crippen LogP contribution >= 0.6 is 0 Å². The van der Waals surface area contributed by atoms with E-state index in [9.17, 15) is 5.11 Å². The predicted octanol–water partition coefficient (Wildman–Crippen LogP) is 4.17. The minimum Gasteiger partial charge on any atom is -0.393 e. The molecule has 0 aliphatic heterocycles. The van der Waals surface area contributed by atoms with Crippen LogP contribution in [0, 0.1) is 35.0 Å². The highest BCUT2D eigenvalue weighted by Gasteiger charge is 2.56. The van der Waals surface area contributed by atoms with E-state index < -0.39 is 0 Å². The Morgan fingerprint density at radius 3 is 2.63 bits per heavy atom. The van der Waals surface area contributed by atoms with Gasteiger partial charge in [0.15, 0.2) is 0 Å². The zero-order chi connectivity index (χ0) is 13.0. The van der Waals surface area contributed by atoms with Gasteiger partial charge in [0.05, 0.1) is 6.10 Å². The Labute approximate surface area is 117 Å². The van der Waals surface area contributed by atoms with Crippen LogP contribution in [0.5, 0.6) is 0 Å². The first kappa shape index (κ1) is 12.4. The Balaban J connectivity index is 1.61. The van der Waals surface area contributed by atoms with E-state index >= 15 is 0 Å². The fourth-order valence-corrected chi connectivity index (χ4v) is 6.39. The molecule has 0 spiro atoms. The van der Waals surface area contributed by atoms with Gasteiger partial charge in [0, 0.05) is 0 Å². The van der Waals surface area contributed by atoms with Crippen molar-refractivity contribution in [3.63, 3.8) is 0 Å². The summed E-state index contributed by atoms with van der Waals surface area (Å²) in [7, 11) is 0. The summed E-state index contributed by atoms with van der Waals surface area (Å²) in [5.74, 6) is 4.71. The average Bonchev–Trinajstić information content (AvgIpc) is 2.75. The molecular weight excluding hydrogens is 232 g/mol. The van der Waals surface area contributed by atoms with Gasteiger partial charge in [-0.1, -0.05) is 19.1 Å². The third-order valence-corrected chi connectivity index (χ3v) is 7.48. The maximum Gasteiger partial charge on any atom is 0.0596 e. The van der Waals surface area contributed by atoms with E-state index in [0.29, 0.717) is 0 Å². The van der Waals surface area contributed by atoms with Gasteiger partial charge in [0.2, 0.25) is 0 Å². The van der Waals surface area contributed by atoms with Crippen molar-refractivity contribution in [3.05, 3.63) is 12.2 Å². The van der Waals surface area contributed by atoms with Crippen LogP contribution in [-0.2, 0) is 0 Å². The molecule has 106 valence electrons. The van der Waals surface area contributed by atoms with Crippen LogP contribution in [0.2, 0.25) is 0 Å². The molecule has 0 aromatic heterocycles. The van der Waals surface area contributed by atoms with Gasteiger partial charge in [-0.15, -0.1) is 0 Å². The van der Waals surface area contributed by atoms with Crippen molar-refractivity contribution in [1.29, 1.82) is 0 Å². The molecule has 0 aromatic rings. The number of allylic oxidation sites excluding steroid dienone is 2. The number of hydrogen-bond acceptors (Lipinski definition) is 1. The summed E-state index contributed by atoms with van der Waals surface area (Å²) in [6, 6.07) is 0. The van der Waals surface area contributed by atoms with Crippen molar-refractivity contribution in [1.82, 2.24) is 0 Å². The Kier molecular flexibility index (Phi) is 2.85. The lowest BCUT2D eigenvalue weighted by molar-refractivity contribution is -0.0739. The maximum absolute atomic E-state index is 10.4. The molecule has 0 heterocycles. The number of hydrogen-bond donors (Lipinski definition) is 1. The van der Waals surface area contributed by atoms with E-state index in [2.05, 4.69) is 19.1 Å². The quantitative estimate of drug-likeness (QED) is 0.648. The average molecular weight is 260 g/mol. The molecule has 0 amide bonds. The third kappa shape index (κ3) is 1.70. The summed E-state index contributed by atoms with van der Waals surface area (Å²) >= 11 is 0. The minimum absolute atomic E-state index is 0.0116. The van der Waals surface area contributed by atoms with Gasteiger partial charge < -0.3 is 5.11 Å². The molecule has 0 bridgehead atoms. The van der Waals surface area contributed by atoms with Crippen LogP contribution < -0.4 is 0 Å². The molecule has 1 nitrogen and oxygen atoms in total. The number of fused-ring (bicyclic) bond motifs is 5. The van der Waals surface area contributed by atoms with Crippen LogP contribution in [0.1, 0.15) is 58.3 Å². The van der Waals surface area contributed by atoms with Gasteiger partial charge >= 0.3 is 0 Å². The summed E-state index contributed by atoms with van der Waals surface area (Å²) in [4.78, 5) is 0. The number of aliphatic hydroxyl groups excluding tert-OH is 1. The molecule has 4 rings (SSSR count). The Bertz CT molecular complexity index is 387.